The Morgan fingerprint density at radius 1 is 1.27 bits per heavy atom. The highest BCUT2D eigenvalue weighted by Crippen LogP contribution is 2.01. The average molecular weight is 217 g/mol. The summed E-state index contributed by atoms with van der Waals surface area (Å²) in [4.78, 5) is 2.47. The van der Waals surface area contributed by atoms with Gasteiger partial charge in [-0.05, 0) is 12.3 Å². The highest BCUT2D eigenvalue weighted by Gasteiger charge is 2.10. The third-order valence-electron chi connectivity index (χ3n) is 2.14. The van der Waals surface area contributed by atoms with Gasteiger partial charge < -0.3 is 9.47 Å². The van der Waals surface area contributed by atoms with E-state index in [1.165, 1.54) is 6.54 Å². The molecule has 0 N–H and O–H groups in total. The second-order valence-corrected chi connectivity index (χ2v) is 4.30. The number of hydrogen-bond acceptors (Lipinski definition) is 3. The average Bonchev–Trinajstić information content (AvgIpc) is 2.20. The van der Waals surface area contributed by atoms with Crippen LogP contribution >= 0.6 is 0 Å². The van der Waals surface area contributed by atoms with E-state index in [-0.39, 0.29) is 0 Å². The maximum absolute atomic E-state index is 5.24. The molecule has 0 radical (unpaired) electrons. The lowest BCUT2D eigenvalue weighted by molar-refractivity contribution is 0.0329. The van der Waals surface area contributed by atoms with E-state index in [1.54, 1.807) is 7.11 Å². The van der Waals surface area contributed by atoms with Gasteiger partial charge in [-0.15, -0.1) is 0 Å². The first-order valence-corrected chi connectivity index (χ1v) is 5.99. The van der Waals surface area contributed by atoms with Crippen LogP contribution in [-0.2, 0) is 9.47 Å². The van der Waals surface area contributed by atoms with Gasteiger partial charge >= 0.3 is 0 Å². The standard InChI is InChI=1S/C8H17NO.C4H10O/c1-8(2)7-9-3-5-10-6-4-9;1-3-4-5-2/h8H,3-7H2,1-2H3;3-4H2,1-2H3. The smallest absolute Gasteiger partial charge is 0.0594 e. The van der Waals surface area contributed by atoms with Gasteiger partial charge in [-0.25, -0.2) is 0 Å². The zero-order valence-electron chi connectivity index (χ0n) is 10.8. The summed E-state index contributed by atoms with van der Waals surface area (Å²) in [6, 6.07) is 0. The van der Waals surface area contributed by atoms with Crippen LogP contribution in [0.15, 0.2) is 0 Å². The zero-order valence-corrected chi connectivity index (χ0v) is 10.8. The Bertz CT molecular complexity index is 121. The van der Waals surface area contributed by atoms with Crippen LogP contribution in [0.3, 0.4) is 0 Å². The van der Waals surface area contributed by atoms with Crippen LogP contribution in [0.25, 0.3) is 0 Å². The molecule has 1 aliphatic rings. The predicted octanol–water partition coefficient (Wildman–Crippen LogP) is 2.02. The lowest BCUT2D eigenvalue weighted by Crippen LogP contribution is -2.38. The Hall–Kier alpha value is -0.120. The summed E-state index contributed by atoms with van der Waals surface area (Å²) in [7, 11) is 1.71. The molecule has 0 spiro atoms. The highest BCUT2D eigenvalue weighted by molar-refractivity contribution is 4.62. The second-order valence-electron chi connectivity index (χ2n) is 4.30. The van der Waals surface area contributed by atoms with Gasteiger partial charge in [0, 0.05) is 33.4 Å². The predicted molar refractivity (Wildman–Crippen MR) is 64.3 cm³/mol. The van der Waals surface area contributed by atoms with E-state index >= 15 is 0 Å². The molecule has 0 unspecified atom stereocenters. The van der Waals surface area contributed by atoms with E-state index in [9.17, 15) is 0 Å². The summed E-state index contributed by atoms with van der Waals surface area (Å²) < 4.78 is 9.93. The Kier molecular flexibility index (Phi) is 10.3. The monoisotopic (exact) mass is 217 g/mol. The number of methoxy groups -OCH3 is 1. The molecule has 0 saturated carbocycles. The Morgan fingerprint density at radius 3 is 2.20 bits per heavy atom. The molecule has 1 aliphatic heterocycles. The molecule has 15 heavy (non-hydrogen) atoms. The van der Waals surface area contributed by atoms with Gasteiger partial charge in [0.15, 0.2) is 0 Å². The molecule has 0 atom stereocenters. The van der Waals surface area contributed by atoms with Gasteiger partial charge in [0.25, 0.3) is 0 Å². The molecule has 1 rings (SSSR count). The molecular formula is C12H27NO2. The molecule has 0 amide bonds. The number of nitrogens with zero attached hydrogens (tertiary/aromatic N) is 1. The summed E-state index contributed by atoms with van der Waals surface area (Å²) in [5.41, 5.74) is 0. The first-order valence-electron chi connectivity index (χ1n) is 5.99. The summed E-state index contributed by atoms with van der Waals surface area (Å²) in [6.07, 6.45) is 1.12. The lowest BCUT2D eigenvalue weighted by Gasteiger charge is -2.27. The van der Waals surface area contributed by atoms with E-state index in [4.69, 9.17) is 9.47 Å². The summed E-state index contributed by atoms with van der Waals surface area (Å²) in [5.74, 6) is 0.790. The van der Waals surface area contributed by atoms with Gasteiger partial charge in [-0.3, -0.25) is 4.90 Å². The molecule has 92 valence electrons. The normalized spacial score (nSPS) is 17.4. The molecule has 1 saturated heterocycles. The fourth-order valence-electron chi connectivity index (χ4n) is 1.50. The van der Waals surface area contributed by atoms with Crippen molar-refractivity contribution >= 4 is 0 Å². The molecule has 1 fully saturated rings. The van der Waals surface area contributed by atoms with E-state index in [0.29, 0.717) is 0 Å². The minimum absolute atomic E-state index is 0.790. The SMILES string of the molecule is CC(C)CN1CCOCC1.CCCOC. The minimum atomic E-state index is 0.790. The Morgan fingerprint density at radius 2 is 1.87 bits per heavy atom. The summed E-state index contributed by atoms with van der Waals surface area (Å²) in [6.45, 7) is 12.8. The van der Waals surface area contributed by atoms with Crippen LogP contribution in [0.4, 0.5) is 0 Å². The van der Waals surface area contributed by atoms with Gasteiger partial charge in [0.05, 0.1) is 13.2 Å². The van der Waals surface area contributed by atoms with Crippen LogP contribution in [0.5, 0.6) is 0 Å². The lowest BCUT2D eigenvalue weighted by atomic mass is 10.2. The number of rotatable bonds is 4. The molecule has 0 aliphatic carbocycles. The molecule has 0 aromatic heterocycles. The minimum Gasteiger partial charge on any atom is -0.385 e. The van der Waals surface area contributed by atoms with Crippen molar-refractivity contribution in [2.24, 2.45) is 5.92 Å². The fraction of sp³-hybridized carbons (Fsp3) is 1.00. The maximum atomic E-state index is 5.24. The molecule has 0 bridgehead atoms. The van der Waals surface area contributed by atoms with Gasteiger partial charge in [0.2, 0.25) is 0 Å². The summed E-state index contributed by atoms with van der Waals surface area (Å²) >= 11 is 0. The first-order chi connectivity index (χ1) is 7.20. The summed E-state index contributed by atoms with van der Waals surface area (Å²) in [5, 5.41) is 0. The fourth-order valence-corrected chi connectivity index (χ4v) is 1.50. The van der Waals surface area contributed by atoms with Crippen LogP contribution in [0.1, 0.15) is 27.2 Å². The van der Waals surface area contributed by atoms with Crippen molar-refractivity contribution in [3.05, 3.63) is 0 Å². The molecule has 0 aromatic carbocycles. The molecule has 0 aromatic rings. The number of ether oxygens (including phenoxy) is 2. The highest BCUT2D eigenvalue weighted by atomic mass is 16.5. The molecule has 3 nitrogen and oxygen atoms in total. The van der Waals surface area contributed by atoms with Gasteiger partial charge in [-0.2, -0.15) is 0 Å². The number of hydrogen-bond donors (Lipinski definition) is 0. The van der Waals surface area contributed by atoms with Crippen molar-refractivity contribution < 1.29 is 9.47 Å². The van der Waals surface area contributed by atoms with Crippen LogP contribution in [0, 0.1) is 5.92 Å². The maximum Gasteiger partial charge on any atom is 0.0594 e. The van der Waals surface area contributed by atoms with E-state index < -0.39 is 0 Å². The van der Waals surface area contributed by atoms with Gasteiger partial charge in [0.1, 0.15) is 0 Å². The third kappa shape index (κ3) is 10.2. The van der Waals surface area contributed by atoms with Gasteiger partial charge in [-0.1, -0.05) is 20.8 Å². The van der Waals surface area contributed by atoms with Crippen LogP contribution in [-0.4, -0.2) is 51.5 Å². The van der Waals surface area contributed by atoms with Crippen LogP contribution in [0.2, 0.25) is 0 Å². The van der Waals surface area contributed by atoms with Crippen molar-refractivity contribution in [2.45, 2.75) is 27.2 Å². The van der Waals surface area contributed by atoms with Crippen molar-refractivity contribution in [3.8, 4) is 0 Å². The van der Waals surface area contributed by atoms with Crippen molar-refractivity contribution in [3.63, 3.8) is 0 Å². The molecule has 1 heterocycles. The topological polar surface area (TPSA) is 21.7 Å². The van der Waals surface area contributed by atoms with Crippen molar-refractivity contribution in [1.82, 2.24) is 4.90 Å². The Balaban J connectivity index is 0.000000336. The quantitative estimate of drug-likeness (QED) is 0.719. The van der Waals surface area contributed by atoms with E-state index in [1.807, 2.05) is 0 Å². The first kappa shape index (κ1) is 14.9. The third-order valence-corrected chi connectivity index (χ3v) is 2.14. The van der Waals surface area contributed by atoms with Crippen molar-refractivity contribution in [1.29, 1.82) is 0 Å². The molecule has 3 heteroatoms. The van der Waals surface area contributed by atoms with Crippen molar-refractivity contribution in [2.75, 3.05) is 46.6 Å². The second kappa shape index (κ2) is 10.4. The van der Waals surface area contributed by atoms with E-state index in [2.05, 4.69) is 25.7 Å². The zero-order chi connectivity index (χ0) is 11.5. The van der Waals surface area contributed by atoms with E-state index in [0.717, 1.165) is 45.2 Å². The number of morpholine rings is 1. The molecular weight excluding hydrogens is 190 g/mol. The van der Waals surface area contributed by atoms with Crippen LogP contribution < -0.4 is 0 Å². The largest absolute Gasteiger partial charge is 0.385 e. The Labute approximate surface area is 94.7 Å².